The van der Waals surface area contributed by atoms with Crippen LogP contribution in [0.5, 0.6) is 0 Å². The van der Waals surface area contributed by atoms with Crippen LogP contribution in [0.2, 0.25) is 0 Å². The lowest BCUT2D eigenvalue weighted by molar-refractivity contribution is 0.0950. The molecule has 3 heterocycles. The summed E-state index contributed by atoms with van der Waals surface area (Å²) in [4.78, 5) is 28.4. The molecule has 1 amide bonds. The Kier molecular flexibility index (Phi) is 5.80. The second-order valence-electron chi connectivity index (χ2n) is 8.44. The molecule has 2 aliphatic rings. The molecular formula is C24H25N5O3S. The Hall–Kier alpha value is -3.33. The van der Waals surface area contributed by atoms with Crippen LogP contribution in [0.4, 0.5) is 5.82 Å². The van der Waals surface area contributed by atoms with Gasteiger partial charge in [0.1, 0.15) is 5.82 Å². The third kappa shape index (κ3) is 4.73. The van der Waals surface area contributed by atoms with Gasteiger partial charge in [0.15, 0.2) is 9.84 Å². The van der Waals surface area contributed by atoms with Gasteiger partial charge in [-0.2, -0.15) is 0 Å². The summed E-state index contributed by atoms with van der Waals surface area (Å²) in [5, 5.41) is 2.54. The van der Waals surface area contributed by atoms with E-state index in [0.29, 0.717) is 24.1 Å². The Bertz CT molecular complexity index is 1270. The number of carbonyl (C=O) groups is 1. The molecule has 1 saturated carbocycles. The fourth-order valence-electron chi connectivity index (χ4n) is 3.96. The van der Waals surface area contributed by atoms with Gasteiger partial charge in [-0.15, -0.1) is 0 Å². The number of nitrogens with zero attached hydrogens (tertiary/aromatic N) is 4. The molecule has 0 bridgehead atoms. The van der Waals surface area contributed by atoms with E-state index in [2.05, 4.69) is 20.2 Å². The predicted octanol–water partition coefficient (Wildman–Crippen LogP) is 3.00. The lowest BCUT2D eigenvalue weighted by atomic mass is 10.1. The zero-order valence-corrected chi connectivity index (χ0v) is 19.0. The van der Waals surface area contributed by atoms with Gasteiger partial charge in [-0.05, 0) is 49.9 Å². The van der Waals surface area contributed by atoms with Gasteiger partial charge in [-0.3, -0.25) is 14.8 Å². The van der Waals surface area contributed by atoms with Gasteiger partial charge in [-0.25, -0.2) is 13.4 Å². The van der Waals surface area contributed by atoms with E-state index in [9.17, 15) is 13.2 Å². The van der Waals surface area contributed by atoms with Gasteiger partial charge in [0.2, 0.25) is 0 Å². The smallest absolute Gasteiger partial charge is 0.251 e. The summed E-state index contributed by atoms with van der Waals surface area (Å²) >= 11 is 0. The Labute approximate surface area is 193 Å². The molecule has 1 aromatic carbocycles. The minimum Gasteiger partial charge on any atom is -0.355 e. The maximum absolute atomic E-state index is 12.6. The molecule has 170 valence electrons. The molecule has 33 heavy (non-hydrogen) atoms. The SMILES string of the molecule is O=C(NCc1cc(S(=O)(=O)C2CC2)ccn1)c1ccc(-c2cncc(N3CCCC3)n2)cc1. The van der Waals surface area contributed by atoms with Gasteiger partial charge >= 0.3 is 0 Å². The van der Waals surface area contributed by atoms with Gasteiger partial charge < -0.3 is 10.2 Å². The lowest BCUT2D eigenvalue weighted by Crippen LogP contribution is -2.23. The third-order valence-electron chi connectivity index (χ3n) is 6.00. The van der Waals surface area contributed by atoms with E-state index in [-0.39, 0.29) is 22.6 Å². The standard InChI is InChI=1S/C24H25N5O3S/c30-24(27-14-19-13-21(9-10-26-19)33(31,32)20-7-8-20)18-5-3-17(4-6-18)22-15-25-16-23(28-22)29-11-1-2-12-29/h3-6,9-10,13,15-16,20H,1-2,7-8,11-12,14H2,(H,27,30). The van der Waals surface area contributed by atoms with E-state index in [1.807, 2.05) is 12.1 Å². The number of aromatic nitrogens is 3. The number of nitrogens with one attached hydrogen (secondary N) is 1. The second-order valence-corrected chi connectivity index (χ2v) is 10.7. The van der Waals surface area contributed by atoms with Crippen LogP contribution < -0.4 is 10.2 Å². The molecule has 2 aromatic heterocycles. The van der Waals surface area contributed by atoms with Crippen molar-refractivity contribution in [3.05, 3.63) is 66.2 Å². The van der Waals surface area contributed by atoms with Crippen LogP contribution in [0.3, 0.4) is 0 Å². The van der Waals surface area contributed by atoms with Crippen molar-refractivity contribution in [2.45, 2.75) is 42.4 Å². The van der Waals surface area contributed by atoms with Crippen molar-refractivity contribution in [3.63, 3.8) is 0 Å². The largest absolute Gasteiger partial charge is 0.355 e. The molecular weight excluding hydrogens is 438 g/mol. The van der Waals surface area contributed by atoms with E-state index in [4.69, 9.17) is 4.98 Å². The number of sulfone groups is 1. The van der Waals surface area contributed by atoms with Crippen molar-refractivity contribution in [1.29, 1.82) is 0 Å². The van der Waals surface area contributed by atoms with Crippen molar-refractivity contribution in [1.82, 2.24) is 20.3 Å². The van der Waals surface area contributed by atoms with Crippen LogP contribution in [0.25, 0.3) is 11.3 Å². The molecule has 0 spiro atoms. The summed E-state index contributed by atoms with van der Waals surface area (Å²) in [7, 11) is -3.29. The predicted molar refractivity (Wildman–Crippen MR) is 125 cm³/mol. The van der Waals surface area contributed by atoms with Crippen LogP contribution >= 0.6 is 0 Å². The number of benzene rings is 1. The highest BCUT2D eigenvalue weighted by atomic mass is 32.2. The van der Waals surface area contributed by atoms with Gasteiger partial charge in [0, 0.05) is 30.4 Å². The summed E-state index contributed by atoms with van der Waals surface area (Å²) < 4.78 is 24.8. The van der Waals surface area contributed by atoms with Crippen LogP contribution in [0.1, 0.15) is 41.7 Å². The number of carbonyl (C=O) groups excluding carboxylic acids is 1. The maximum Gasteiger partial charge on any atom is 0.251 e. The first-order chi connectivity index (χ1) is 16.0. The third-order valence-corrected chi connectivity index (χ3v) is 8.26. The lowest BCUT2D eigenvalue weighted by Gasteiger charge is -2.16. The Morgan fingerprint density at radius 2 is 1.82 bits per heavy atom. The Morgan fingerprint density at radius 1 is 1.06 bits per heavy atom. The van der Waals surface area contributed by atoms with Crippen molar-refractivity contribution in [2.24, 2.45) is 0 Å². The summed E-state index contributed by atoms with van der Waals surface area (Å²) in [6.45, 7) is 2.15. The minimum absolute atomic E-state index is 0.151. The van der Waals surface area contributed by atoms with Crippen molar-refractivity contribution < 1.29 is 13.2 Å². The van der Waals surface area contributed by atoms with E-state index < -0.39 is 9.84 Å². The number of anilines is 1. The van der Waals surface area contributed by atoms with Gasteiger partial charge in [0.25, 0.3) is 5.91 Å². The highest BCUT2D eigenvalue weighted by Gasteiger charge is 2.36. The van der Waals surface area contributed by atoms with Crippen molar-refractivity contribution in [3.8, 4) is 11.3 Å². The highest BCUT2D eigenvalue weighted by molar-refractivity contribution is 7.92. The Balaban J connectivity index is 1.24. The molecule has 1 N–H and O–H groups in total. The monoisotopic (exact) mass is 463 g/mol. The fraction of sp³-hybridized carbons (Fsp3) is 0.333. The quantitative estimate of drug-likeness (QED) is 0.574. The fourth-order valence-corrected chi connectivity index (χ4v) is 5.65. The number of amides is 1. The summed E-state index contributed by atoms with van der Waals surface area (Å²) in [6, 6.07) is 10.3. The molecule has 3 aromatic rings. The number of hydrogen-bond acceptors (Lipinski definition) is 7. The molecule has 1 aliphatic carbocycles. The van der Waals surface area contributed by atoms with Crippen LogP contribution in [0, 0.1) is 0 Å². The normalized spacial score (nSPS) is 16.1. The topological polar surface area (TPSA) is 105 Å². The zero-order valence-electron chi connectivity index (χ0n) is 18.1. The molecule has 0 unspecified atom stereocenters. The van der Waals surface area contributed by atoms with E-state index >= 15 is 0 Å². The molecule has 1 saturated heterocycles. The summed E-state index contributed by atoms with van der Waals surface area (Å²) in [5.74, 6) is 0.626. The van der Waals surface area contributed by atoms with Gasteiger partial charge in [0.05, 0.1) is 40.5 Å². The highest BCUT2D eigenvalue weighted by Crippen LogP contribution is 2.33. The maximum atomic E-state index is 12.6. The minimum atomic E-state index is -3.29. The van der Waals surface area contributed by atoms with E-state index in [0.717, 1.165) is 30.2 Å². The van der Waals surface area contributed by atoms with E-state index in [1.54, 1.807) is 30.6 Å². The second kappa shape index (κ2) is 8.90. The summed E-state index contributed by atoms with van der Waals surface area (Å²) in [6.07, 6.45) is 8.75. The van der Waals surface area contributed by atoms with Crippen molar-refractivity contribution in [2.75, 3.05) is 18.0 Å². The van der Waals surface area contributed by atoms with Crippen LogP contribution in [-0.4, -0.2) is 47.6 Å². The molecule has 0 atom stereocenters. The average molecular weight is 464 g/mol. The molecule has 9 heteroatoms. The average Bonchev–Trinajstić information content (AvgIpc) is 3.58. The number of rotatable bonds is 7. The molecule has 0 radical (unpaired) electrons. The summed E-state index contributed by atoms with van der Waals surface area (Å²) in [5.41, 5.74) is 2.67. The first-order valence-electron chi connectivity index (χ1n) is 11.2. The number of hydrogen-bond donors (Lipinski definition) is 1. The van der Waals surface area contributed by atoms with Crippen LogP contribution in [-0.2, 0) is 16.4 Å². The first kappa shape index (κ1) is 21.5. The van der Waals surface area contributed by atoms with Crippen LogP contribution in [0.15, 0.2) is 59.9 Å². The van der Waals surface area contributed by atoms with E-state index in [1.165, 1.54) is 25.1 Å². The molecule has 8 nitrogen and oxygen atoms in total. The Morgan fingerprint density at radius 3 is 2.55 bits per heavy atom. The van der Waals surface area contributed by atoms with Gasteiger partial charge in [-0.1, -0.05) is 12.1 Å². The molecule has 5 rings (SSSR count). The molecule has 2 fully saturated rings. The zero-order chi connectivity index (χ0) is 22.8. The molecule has 1 aliphatic heterocycles. The van der Waals surface area contributed by atoms with Crippen molar-refractivity contribution >= 4 is 21.6 Å². The number of pyridine rings is 1. The first-order valence-corrected chi connectivity index (χ1v) is 12.7.